The van der Waals surface area contributed by atoms with Gasteiger partial charge in [-0.25, -0.2) is 9.59 Å². The highest BCUT2D eigenvalue weighted by atomic mass is 79.9. The molecule has 4 aliphatic rings. The molecule has 0 heterocycles. The summed E-state index contributed by atoms with van der Waals surface area (Å²) in [4.78, 5) is 36.0. The summed E-state index contributed by atoms with van der Waals surface area (Å²) in [7, 11) is 0. The number of carbonyl (C=O) groups excluding carboxylic acids is 3. The van der Waals surface area contributed by atoms with Gasteiger partial charge >= 0.3 is 12.0 Å². The van der Waals surface area contributed by atoms with Crippen molar-refractivity contribution in [1.82, 2.24) is 10.6 Å². The van der Waals surface area contributed by atoms with Gasteiger partial charge < -0.3 is 14.8 Å². The van der Waals surface area contributed by atoms with Crippen molar-refractivity contribution < 1.29 is 23.9 Å². The van der Waals surface area contributed by atoms with E-state index in [9.17, 15) is 14.4 Å². The van der Waals surface area contributed by atoms with Crippen molar-refractivity contribution in [2.75, 3.05) is 13.2 Å². The summed E-state index contributed by atoms with van der Waals surface area (Å²) >= 11 is 3.31. The maximum absolute atomic E-state index is 12.3. The van der Waals surface area contributed by atoms with Gasteiger partial charge in [0.2, 0.25) is 0 Å². The van der Waals surface area contributed by atoms with Gasteiger partial charge in [-0.3, -0.25) is 10.1 Å². The summed E-state index contributed by atoms with van der Waals surface area (Å²) in [6.07, 6.45) is 6.84. The summed E-state index contributed by atoms with van der Waals surface area (Å²) in [6.45, 7) is -0.835. The highest BCUT2D eigenvalue weighted by Crippen LogP contribution is 2.55. The third-order valence-corrected chi connectivity index (χ3v) is 6.68. The molecule has 5 rings (SSSR count). The van der Waals surface area contributed by atoms with Crippen LogP contribution in [0.4, 0.5) is 4.79 Å². The molecule has 0 saturated heterocycles. The van der Waals surface area contributed by atoms with E-state index in [-0.39, 0.29) is 12.1 Å². The Morgan fingerprint density at radius 2 is 1.69 bits per heavy atom. The molecule has 7 nitrogen and oxygen atoms in total. The number of ether oxygens (including phenoxy) is 2. The first kappa shape index (κ1) is 20.2. The van der Waals surface area contributed by atoms with Crippen LogP contribution in [0.2, 0.25) is 0 Å². The number of hydrogen-bond acceptors (Lipinski definition) is 5. The zero-order valence-corrected chi connectivity index (χ0v) is 17.7. The number of esters is 1. The van der Waals surface area contributed by atoms with Crippen LogP contribution in [0.3, 0.4) is 0 Å². The van der Waals surface area contributed by atoms with E-state index in [1.165, 1.54) is 19.3 Å². The van der Waals surface area contributed by atoms with E-state index in [1.807, 2.05) is 6.07 Å². The van der Waals surface area contributed by atoms with Gasteiger partial charge in [0, 0.05) is 10.0 Å². The van der Waals surface area contributed by atoms with Crippen LogP contribution in [0.25, 0.3) is 0 Å². The van der Waals surface area contributed by atoms with E-state index in [1.54, 1.807) is 18.2 Å². The largest absolute Gasteiger partial charge is 0.482 e. The lowest BCUT2D eigenvalue weighted by atomic mass is 9.53. The Kier molecular flexibility index (Phi) is 5.81. The van der Waals surface area contributed by atoms with Gasteiger partial charge in [0.25, 0.3) is 5.91 Å². The molecule has 1 aromatic rings. The van der Waals surface area contributed by atoms with E-state index in [4.69, 9.17) is 9.47 Å². The Bertz CT molecular complexity index is 777. The van der Waals surface area contributed by atoms with Crippen molar-refractivity contribution in [3.63, 3.8) is 0 Å². The summed E-state index contributed by atoms with van der Waals surface area (Å²) < 4.78 is 11.0. The Hall–Kier alpha value is -2.09. The summed E-state index contributed by atoms with van der Waals surface area (Å²) in [5.74, 6) is 1.27. The topological polar surface area (TPSA) is 93.7 Å². The van der Waals surface area contributed by atoms with Gasteiger partial charge in [-0.1, -0.05) is 22.0 Å². The summed E-state index contributed by atoms with van der Waals surface area (Å²) in [6, 6.07) is 6.54. The number of halogens is 1. The molecule has 4 fully saturated rings. The van der Waals surface area contributed by atoms with Crippen molar-refractivity contribution in [2.45, 2.75) is 44.1 Å². The molecule has 0 spiro atoms. The molecule has 4 bridgehead atoms. The fourth-order valence-electron chi connectivity index (χ4n) is 5.59. The maximum Gasteiger partial charge on any atom is 0.344 e. The van der Waals surface area contributed by atoms with Gasteiger partial charge in [-0.2, -0.15) is 0 Å². The lowest BCUT2D eigenvalue weighted by Crippen LogP contribution is -2.62. The lowest BCUT2D eigenvalue weighted by molar-refractivity contribution is -0.150. The van der Waals surface area contributed by atoms with E-state index < -0.39 is 24.5 Å². The average molecular weight is 465 g/mol. The van der Waals surface area contributed by atoms with Crippen molar-refractivity contribution in [2.24, 2.45) is 17.8 Å². The van der Waals surface area contributed by atoms with Crippen LogP contribution >= 0.6 is 15.9 Å². The number of urea groups is 1. The van der Waals surface area contributed by atoms with Gasteiger partial charge in [0.15, 0.2) is 13.2 Å². The number of nitrogens with one attached hydrogen (secondary N) is 2. The molecule has 0 aliphatic heterocycles. The van der Waals surface area contributed by atoms with E-state index >= 15 is 0 Å². The Labute approximate surface area is 178 Å². The lowest BCUT2D eigenvalue weighted by Gasteiger charge is -2.56. The van der Waals surface area contributed by atoms with Crippen LogP contribution in [-0.4, -0.2) is 36.7 Å². The average Bonchev–Trinajstić information content (AvgIpc) is 2.63. The standard InChI is InChI=1S/C21H25BrN2O5/c22-16-2-1-3-17(7-16)28-12-19(26)29-11-18(25)23-20(27)24-21-8-13-4-14(9-21)6-15(5-13)10-21/h1-3,7,13-15H,4-6,8-12H2,(H2,23,24,25,27). The SMILES string of the molecule is O=C(COC(=O)COc1cccc(Br)c1)NC(=O)NC12CC3CC(CC(C3)C1)C2. The molecule has 0 unspecified atom stereocenters. The van der Waals surface area contributed by atoms with Crippen LogP contribution < -0.4 is 15.4 Å². The minimum atomic E-state index is -0.679. The second-order valence-corrected chi connectivity index (χ2v) is 9.52. The highest BCUT2D eigenvalue weighted by Gasteiger charge is 2.51. The predicted molar refractivity (Wildman–Crippen MR) is 108 cm³/mol. The van der Waals surface area contributed by atoms with Crippen LogP contribution in [0.5, 0.6) is 5.75 Å². The Balaban J connectivity index is 1.18. The molecule has 8 heteroatoms. The van der Waals surface area contributed by atoms with Gasteiger partial charge in [0.1, 0.15) is 5.75 Å². The number of carbonyl (C=O) groups is 3. The summed E-state index contributed by atoms with van der Waals surface area (Å²) in [5.41, 5.74) is -0.173. The molecule has 0 atom stereocenters. The first-order valence-corrected chi connectivity index (χ1v) is 10.8. The number of hydrogen-bond donors (Lipinski definition) is 2. The molecular weight excluding hydrogens is 440 g/mol. The third-order valence-electron chi connectivity index (χ3n) is 6.19. The van der Waals surface area contributed by atoms with Crippen LogP contribution in [-0.2, 0) is 14.3 Å². The normalized spacial score (nSPS) is 29.2. The van der Waals surface area contributed by atoms with Crippen LogP contribution in [0, 0.1) is 17.8 Å². The van der Waals surface area contributed by atoms with E-state index in [0.29, 0.717) is 23.5 Å². The van der Waals surface area contributed by atoms with E-state index in [0.717, 1.165) is 23.7 Å². The molecule has 4 saturated carbocycles. The minimum absolute atomic E-state index is 0.173. The zero-order chi connectivity index (χ0) is 20.4. The van der Waals surface area contributed by atoms with Gasteiger partial charge in [-0.15, -0.1) is 0 Å². The number of benzene rings is 1. The molecule has 0 aromatic heterocycles. The molecule has 2 N–H and O–H groups in total. The molecule has 0 radical (unpaired) electrons. The van der Waals surface area contributed by atoms with Crippen molar-refractivity contribution >= 4 is 33.8 Å². The molecule has 29 heavy (non-hydrogen) atoms. The van der Waals surface area contributed by atoms with E-state index in [2.05, 4.69) is 26.6 Å². The van der Waals surface area contributed by atoms with Crippen molar-refractivity contribution in [3.8, 4) is 5.75 Å². The molecular formula is C21H25BrN2O5. The highest BCUT2D eigenvalue weighted by molar-refractivity contribution is 9.10. The van der Waals surface area contributed by atoms with Gasteiger partial charge in [-0.05, 0) is 74.5 Å². The zero-order valence-electron chi connectivity index (χ0n) is 16.1. The Morgan fingerprint density at radius 3 is 2.31 bits per heavy atom. The maximum atomic E-state index is 12.3. The first-order chi connectivity index (χ1) is 13.9. The van der Waals surface area contributed by atoms with Crippen molar-refractivity contribution in [1.29, 1.82) is 0 Å². The molecule has 3 amide bonds. The fourth-order valence-corrected chi connectivity index (χ4v) is 5.96. The van der Waals surface area contributed by atoms with Crippen molar-refractivity contribution in [3.05, 3.63) is 28.7 Å². The number of imide groups is 1. The first-order valence-electron chi connectivity index (χ1n) is 10.1. The second-order valence-electron chi connectivity index (χ2n) is 8.61. The van der Waals surface area contributed by atoms with Gasteiger partial charge in [0.05, 0.1) is 0 Å². The minimum Gasteiger partial charge on any atom is -0.482 e. The smallest absolute Gasteiger partial charge is 0.344 e. The molecule has 4 aliphatic carbocycles. The quantitative estimate of drug-likeness (QED) is 0.630. The fraction of sp³-hybridized carbons (Fsp3) is 0.571. The Morgan fingerprint density at radius 1 is 1.03 bits per heavy atom. The number of rotatable bonds is 6. The number of amides is 3. The van der Waals surface area contributed by atoms with Crippen LogP contribution in [0.15, 0.2) is 28.7 Å². The van der Waals surface area contributed by atoms with Crippen LogP contribution in [0.1, 0.15) is 38.5 Å². The third kappa shape index (κ3) is 5.10. The second kappa shape index (κ2) is 8.34. The molecule has 156 valence electrons. The molecule has 1 aromatic carbocycles. The predicted octanol–water partition coefficient (Wildman–Crippen LogP) is 3.17. The summed E-state index contributed by atoms with van der Waals surface area (Å²) in [5, 5.41) is 5.33. The monoisotopic (exact) mass is 464 g/mol.